The van der Waals surface area contributed by atoms with Crippen LogP contribution in [0.5, 0.6) is 0 Å². The van der Waals surface area contributed by atoms with Crippen LogP contribution in [0.2, 0.25) is 0 Å². The number of hydrogen-bond donors (Lipinski definition) is 2. The second-order valence-corrected chi connectivity index (χ2v) is 3.64. The van der Waals surface area contributed by atoms with Gasteiger partial charge < -0.3 is 15.7 Å². The third-order valence-electron chi connectivity index (χ3n) is 2.11. The van der Waals surface area contributed by atoms with Gasteiger partial charge in [-0.3, -0.25) is 19.0 Å². The van der Waals surface area contributed by atoms with Crippen molar-refractivity contribution < 1.29 is 19.5 Å². The maximum atomic E-state index is 11.8. The van der Waals surface area contributed by atoms with Crippen LogP contribution in [-0.4, -0.2) is 50.4 Å². The molecule has 0 radical (unpaired) electrons. The number of carboxylic acid groups (broad SMARTS) is 1. The molecule has 1 aromatic rings. The van der Waals surface area contributed by atoms with Gasteiger partial charge in [0.1, 0.15) is 13.1 Å². The Labute approximate surface area is 107 Å². The molecule has 1 aromatic heterocycles. The normalized spacial score (nSPS) is 9.89. The fourth-order valence-electron chi connectivity index (χ4n) is 1.34. The molecule has 1 rings (SSSR count). The van der Waals surface area contributed by atoms with Crippen LogP contribution in [0, 0.1) is 0 Å². The van der Waals surface area contributed by atoms with Gasteiger partial charge in [-0.1, -0.05) is 0 Å². The molecule has 9 nitrogen and oxygen atoms in total. The Balaban J connectivity index is 2.82. The molecule has 9 heteroatoms. The van der Waals surface area contributed by atoms with E-state index >= 15 is 0 Å². The first-order valence-electron chi connectivity index (χ1n) is 5.19. The number of primary amides is 1. The van der Waals surface area contributed by atoms with Gasteiger partial charge in [0.25, 0.3) is 0 Å². The number of nitrogens with two attached hydrogens (primary N) is 1. The number of hydrogen-bond acceptors (Lipinski definition) is 5. The predicted molar refractivity (Wildman–Crippen MR) is 61.9 cm³/mol. The molecule has 102 valence electrons. The number of nitrogens with zero attached hydrogens (tertiary/aromatic N) is 3. The second-order valence-electron chi connectivity index (χ2n) is 3.64. The highest BCUT2D eigenvalue weighted by Gasteiger charge is 2.19. The SMILES string of the molecule is NC(=O)CN(CC(=O)O)C(=O)Cn1cccnc1=O. The minimum absolute atomic E-state index is 0.409. The van der Waals surface area contributed by atoms with Crippen LogP contribution in [0.3, 0.4) is 0 Å². The van der Waals surface area contributed by atoms with Crippen LogP contribution in [0.1, 0.15) is 0 Å². The van der Waals surface area contributed by atoms with Crippen LogP contribution in [0.25, 0.3) is 0 Å². The third-order valence-corrected chi connectivity index (χ3v) is 2.11. The average Bonchev–Trinajstić information content (AvgIpc) is 2.30. The molecule has 0 bridgehead atoms. The second kappa shape index (κ2) is 6.28. The van der Waals surface area contributed by atoms with Crippen LogP contribution >= 0.6 is 0 Å². The highest BCUT2D eigenvalue weighted by Crippen LogP contribution is 1.93. The Morgan fingerprint density at radius 2 is 2.05 bits per heavy atom. The molecule has 0 spiro atoms. The van der Waals surface area contributed by atoms with Gasteiger partial charge in [-0.15, -0.1) is 0 Å². The molecule has 0 aromatic carbocycles. The van der Waals surface area contributed by atoms with E-state index in [1.165, 1.54) is 18.5 Å². The van der Waals surface area contributed by atoms with Crippen molar-refractivity contribution in [3.63, 3.8) is 0 Å². The zero-order valence-electron chi connectivity index (χ0n) is 9.85. The predicted octanol–water partition coefficient (Wildman–Crippen LogP) is -2.36. The smallest absolute Gasteiger partial charge is 0.347 e. The number of carboxylic acids is 1. The summed E-state index contributed by atoms with van der Waals surface area (Å²) in [6.07, 6.45) is 2.60. The fraction of sp³-hybridized carbons (Fsp3) is 0.300. The molecule has 0 aliphatic carbocycles. The van der Waals surface area contributed by atoms with Crippen molar-refractivity contribution >= 4 is 17.8 Å². The summed E-state index contributed by atoms with van der Waals surface area (Å²) in [7, 11) is 0. The molecule has 0 fully saturated rings. The summed E-state index contributed by atoms with van der Waals surface area (Å²) < 4.78 is 0.998. The Bertz CT molecular complexity index is 537. The molecule has 0 saturated heterocycles. The molecule has 19 heavy (non-hydrogen) atoms. The van der Waals surface area contributed by atoms with Crippen LogP contribution < -0.4 is 11.4 Å². The van der Waals surface area contributed by atoms with Gasteiger partial charge >= 0.3 is 11.7 Å². The van der Waals surface area contributed by atoms with E-state index in [0.717, 1.165) is 9.47 Å². The molecule has 0 saturated carbocycles. The Hall–Kier alpha value is -2.71. The van der Waals surface area contributed by atoms with Crippen molar-refractivity contribution in [1.29, 1.82) is 0 Å². The molecule has 0 unspecified atom stereocenters. The van der Waals surface area contributed by atoms with Gasteiger partial charge in [0.2, 0.25) is 11.8 Å². The summed E-state index contributed by atoms with van der Waals surface area (Å²) in [6.45, 7) is -1.61. The lowest BCUT2D eigenvalue weighted by Gasteiger charge is -2.19. The lowest BCUT2D eigenvalue weighted by Crippen LogP contribution is -2.44. The molecule has 2 amide bonds. The summed E-state index contributed by atoms with van der Waals surface area (Å²) in [4.78, 5) is 48.7. The van der Waals surface area contributed by atoms with Crippen LogP contribution in [-0.2, 0) is 20.9 Å². The van der Waals surface area contributed by atoms with Crippen molar-refractivity contribution in [3.8, 4) is 0 Å². The van der Waals surface area contributed by atoms with E-state index in [4.69, 9.17) is 10.8 Å². The summed E-state index contributed by atoms with van der Waals surface area (Å²) in [5, 5.41) is 8.64. The molecule has 1 heterocycles. The first-order chi connectivity index (χ1) is 8.90. The van der Waals surface area contributed by atoms with Crippen LogP contribution in [0.15, 0.2) is 23.3 Å². The highest BCUT2D eigenvalue weighted by atomic mass is 16.4. The average molecular weight is 268 g/mol. The monoisotopic (exact) mass is 268 g/mol. The van der Waals surface area contributed by atoms with Crippen molar-refractivity contribution in [2.45, 2.75) is 6.54 Å². The summed E-state index contributed by atoms with van der Waals surface area (Å²) in [5.41, 5.74) is 4.28. The van der Waals surface area contributed by atoms with Crippen molar-refractivity contribution in [2.24, 2.45) is 5.73 Å². The number of aliphatic carboxylic acids is 1. The fourth-order valence-corrected chi connectivity index (χ4v) is 1.34. The lowest BCUT2D eigenvalue weighted by molar-refractivity contribution is -0.145. The van der Waals surface area contributed by atoms with E-state index in [9.17, 15) is 19.2 Å². The topological polar surface area (TPSA) is 136 Å². The number of amides is 2. The third kappa shape index (κ3) is 4.58. The summed E-state index contributed by atoms with van der Waals surface area (Å²) in [6, 6.07) is 1.45. The van der Waals surface area contributed by atoms with E-state index in [1.807, 2.05) is 0 Å². The number of carbonyl (C=O) groups excluding carboxylic acids is 2. The maximum absolute atomic E-state index is 11.8. The summed E-state index contributed by atoms with van der Waals surface area (Å²) >= 11 is 0. The number of aromatic nitrogens is 2. The molecule has 0 atom stereocenters. The van der Waals surface area contributed by atoms with Gasteiger partial charge in [-0.05, 0) is 6.07 Å². The molecular formula is C10H12N4O5. The first-order valence-corrected chi connectivity index (χ1v) is 5.19. The maximum Gasteiger partial charge on any atom is 0.347 e. The van der Waals surface area contributed by atoms with E-state index in [2.05, 4.69) is 4.98 Å². The Morgan fingerprint density at radius 1 is 1.37 bits per heavy atom. The minimum Gasteiger partial charge on any atom is -0.480 e. The Morgan fingerprint density at radius 3 is 2.58 bits per heavy atom. The number of rotatable bonds is 6. The minimum atomic E-state index is -1.28. The van der Waals surface area contributed by atoms with Crippen LogP contribution in [0.4, 0.5) is 0 Å². The van der Waals surface area contributed by atoms with Crippen molar-refractivity contribution in [2.75, 3.05) is 13.1 Å². The van der Waals surface area contributed by atoms with Gasteiger partial charge in [-0.25, -0.2) is 9.78 Å². The lowest BCUT2D eigenvalue weighted by atomic mass is 10.4. The molecule has 0 aliphatic heterocycles. The quantitative estimate of drug-likeness (QED) is 0.592. The number of carbonyl (C=O) groups is 3. The standard InChI is InChI=1S/C10H12N4O5/c11-7(15)4-14(6-9(17)18)8(16)5-13-3-1-2-12-10(13)19/h1-3H,4-6H2,(H2,11,15)(H,17,18). The van der Waals surface area contributed by atoms with E-state index in [1.54, 1.807) is 0 Å². The van der Waals surface area contributed by atoms with Gasteiger partial charge in [0, 0.05) is 12.4 Å². The van der Waals surface area contributed by atoms with E-state index < -0.39 is 43.1 Å². The summed E-state index contributed by atoms with van der Waals surface area (Å²) in [5.74, 6) is -2.84. The van der Waals surface area contributed by atoms with E-state index in [-0.39, 0.29) is 0 Å². The largest absolute Gasteiger partial charge is 0.480 e. The zero-order chi connectivity index (χ0) is 14.4. The van der Waals surface area contributed by atoms with Gasteiger partial charge in [0.05, 0.1) is 6.54 Å². The Kier molecular flexibility index (Phi) is 4.75. The van der Waals surface area contributed by atoms with Crippen molar-refractivity contribution in [1.82, 2.24) is 14.5 Å². The first kappa shape index (κ1) is 14.4. The highest BCUT2D eigenvalue weighted by molar-refractivity contribution is 5.86. The van der Waals surface area contributed by atoms with Crippen molar-refractivity contribution in [3.05, 3.63) is 28.9 Å². The molecule has 3 N–H and O–H groups in total. The van der Waals surface area contributed by atoms with Gasteiger partial charge in [0.15, 0.2) is 0 Å². The molecule has 0 aliphatic rings. The molecular weight excluding hydrogens is 256 g/mol. The zero-order valence-corrected chi connectivity index (χ0v) is 9.85. The van der Waals surface area contributed by atoms with Gasteiger partial charge in [-0.2, -0.15) is 0 Å². The van der Waals surface area contributed by atoms with E-state index in [0.29, 0.717) is 0 Å².